The van der Waals surface area contributed by atoms with Gasteiger partial charge in [0.1, 0.15) is 11.4 Å². The molecule has 6 nitrogen and oxygen atoms in total. The first-order valence-corrected chi connectivity index (χ1v) is 8.50. The van der Waals surface area contributed by atoms with E-state index in [1.165, 1.54) is 20.3 Å². The number of carbonyl (C=O) groups is 2. The summed E-state index contributed by atoms with van der Waals surface area (Å²) in [7, 11) is 2.81. The topological polar surface area (TPSA) is 73.9 Å². The number of esters is 1. The zero-order valence-electron chi connectivity index (χ0n) is 16.2. The molecule has 7 heteroatoms. The molecule has 0 aliphatic rings. The van der Waals surface area contributed by atoms with Crippen molar-refractivity contribution >= 4 is 29.7 Å². The van der Waals surface area contributed by atoms with E-state index < -0.39 is 23.7 Å². The molecule has 0 heterocycles. The smallest absolute Gasteiger partial charge is 0.408 e. The first-order valence-electron chi connectivity index (χ1n) is 8.12. The zero-order chi connectivity index (χ0) is 20.1. The molecule has 1 atom stereocenters. The summed E-state index contributed by atoms with van der Waals surface area (Å²) in [5.41, 5.74) is 1.45. The largest absolute Gasteiger partial charge is 0.496 e. The molecule has 1 amide bonds. The Kier molecular flexibility index (Phi) is 7.51. The van der Waals surface area contributed by atoms with Crippen molar-refractivity contribution in [1.29, 1.82) is 0 Å². The van der Waals surface area contributed by atoms with Crippen LogP contribution in [-0.2, 0) is 14.3 Å². The van der Waals surface area contributed by atoms with Crippen LogP contribution in [0.5, 0.6) is 5.75 Å². The molecule has 0 aliphatic carbocycles. The van der Waals surface area contributed by atoms with Gasteiger partial charge in [-0.2, -0.15) is 0 Å². The average Bonchev–Trinajstić information content (AvgIpc) is 2.53. The third-order valence-electron chi connectivity index (χ3n) is 3.54. The van der Waals surface area contributed by atoms with Crippen LogP contribution in [0, 0.1) is 6.92 Å². The highest BCUT2D eigenvalue weighted by Gasteiger charge is 2.22. The summed E-state index contributed by atoms with van der Waals surface area (Å²) in [6.07, 6.45) is 2.32. The molecule has 0 radical (unpaired) electrons. The van der Waals surface area contributed by atoms with Crippen molar-refractivity contribution in [2.24, 2.45) is 0 Å². The van der Waals surface area contributed by atoms with Gasteiger partial charge in [0.05, 0.1) is 20.3 Å². The first kappa shape index (κ1) is 21.8. The molecule has 0 saturated carbocycles. The molecule has 0 aromatic heterocycles. The Hall–Kier alpha value is -2.21. The fraction of sp³-hybridized carbons (Fsp3) is 0.474. The summed E-state index contributed by atoms with van der Waals surface area (Å²) in [5, 5.41) is 3.25. The first-order chi connectivity index (χ1) is 12.0. The summed E-state index contributed by atoms with van der Waals surface area (Å²) in [4.78, 5) is 23.5. The third-order valence-corrected chi connectivity index (χ3v) is 3.94. The van der Waals surface area contributed by atoms with Gasteiger partial charge in [0.15, 0.2) is 0 Å². The van der Waals surface area contributed by atoms with Crippen LogP contribution in [0.25, 0.3) is 6.08 Å². The van der Waals surface area contributed by atoms with Crippen molar-refractivity contribution < 1.29 is 23.8 Å². The number of amides is 1. The minimum atomic E-state index is -0.604. The van der Waals surface area contributed by atoms with E-state index in [0.717, 1.165) is 5.56 Å². The Labute approximate surface area is 159 Å². The number of halogens is 1. The minimum Gasteiger partial charge on any atom is -0.496 e. The molecule has 0 aliphatic heterocycles. The van der Waals surface area contributed by atoms with Gasteiger partial charge in [-0.1, -0.05) is 11.6 Å². The quantitative estimate of drug-likeness (QED) is 0.601. The van der Waals surface area contributed by atoms with Crippen LogP contribution in [0.3, 0.4) is 0 Å². The second kappa shape index (κ2) is 8.94. The summed E-state index contributed by atoms with van der Waals surface area (Å²) in [6.45, 7) is 8.97. The van der Waals surface area contributed by atoms with Gasteiger partial charge in [-0.25, -0.2) is 9.59 Å². The lowest BCUT2D eigenvalue weighted by atomic mass is 9.98. The fourth-order valence-electron chi connectivity index (χ4n) is 2.30. The third kappa shape index (κ3) is 5.95. The number of alkyl carbamates (subject to hydrolysis) is 1. The molecule has 1 rings (SSSR count). The highest BCUT2D eigenvalue weighted by atomic mass is 35.5. The van der Waals surface area contributed by atoms with Crippen LogP contribution in [0.1, 0.15) is 50.4 Å². The fourth-order valence-corrected chi connectivity index (χ4v) is 2.52. The second-order valence-corrected chi connectivity index (χ2v) is 7.15. The Morgan fingerprint density at radius 2 is 1.88 bits per heavy atom. The Bertz CT molecular complexity index is 707. The molecule has 1 unspecified atom stereocenters. The van der Waals surface area contributed by atoms with Crippen molar-refractivity contribution in [2.45, 2.75) is 46.3 Å². The molecule has 0 saturated heterocycles. The van der Waals surface area contributed by atoms with Gasteiger partial charge in [-0.3, -0.25) is 0 Å². The molecule has 1 aromatic rings. The van der Waals surface area contributed by atoms with Gasteiger partial charge in [-0.15, -0.1) is 0 Å². The molecular weight excluding hydrogens is 358 g/mol. The standard InChI is InChI=1S/C19H26ClNO5/c1-11-13(8-9-16(22)24-6)17(25-7)14(10-15(11)20)12(2)21-18(23)26-19(3,4)5/h8-10,12H,1-7H3,(H,21,23)/b9-8+. The maximum atomic E-state index is 12.1. The molecule has 1 N–H and O–H groups in total. The Morgan fingerprint density at radius 3 is 2.38 bits per heavy atom. The van der Waals surface area contributed by atoms with E-state index in [-0.39, 0.29) is 0 Å². The van der Waals surface area contributed by atoms with Crippen LogP contribution in [0.4, 0.5) is 4.79 Å². The molecule has 0 spiro atoms. The van der Waals surface area contributed by atoms with Gasteiger partial charge >= 0.3 is 12.1 Å². The highest BCUT2D eigenvalue weighted by Crippen LogP contribution is 2.36. The summed E-state index contributed by atoms with van der Waals surface area (Å²) in [5.74, 6) is 0.0171. The number of ether oxygens (including phenoxy) is 3. The number of carbonyl (C=O) groups excluding carboxylic acids is 2. The summed E-state index contributed by atoms with van der Waals surface area (Å²) >= 11 is 6.33. The van der Waals surface area contributed by atoms with Crippen molar-refractivity contribution in [1.82, 2.24) is 5.32 Å². The number of rotatable bonds is 5. The molecule has 0 bridgehead atoms. The van der Waals surface area contributed by atoms with Gasteiger partial charge in [0.2, 0.25) is 0 Å². The highest BCUT2D eigenvalue weighted by molar-refractivity contribution is 6.31. The maximum Gasteiger partial charge on any atom is 0.408 e. The van der Waals surface area contributed by atoms with Gasteiger partial charge in [0.25, 0.3) is 0 Å². The van der Waals surface area contributed by atoms with Crippen LogP contribution < -0.4 is 10.1 Å². The average molecular weight is 384 g/mol. The lowest BCUT2D eigenvalue weighted by Gasteiger charge is -2.24. The van der Waals surface area contributed by atoms with E-state index in [0.29, 0.717) is 21.9 Å². The Balaban J connectivity index is 3.26. The SMILES string of the molecule is COC(=O)/C=C/c1c(C)c(Cl)cc(C(C)NC(=O)OC(C)(C)C)c1OC. The monoisotopic (exact) mass is 383 g/mol. The van der Waals surface area contributed by atoms with E-state index in [2.05, 4.69) is 10.1 Å². The predicted octanol–water partition coefficient (Wildman–Crippen LogP) is 4.43. The van der Waals surface area contributed by atoms with Crippen molar-refractivity contribution in [3.8, 4) is 5.75 Å². The molecular formula is C19H26ClNO5. The van der Waals surface area contributed by atoms with Crippen LogP contribution >= 0.6 is 11.6 Å². The predicted molar refractivity (Wildman–Crippen MR) is 102 cm³/mol. The second-order valence-electron chi connectivity index (χ2n) is 6.74. The number of hydrogen-bond donors (Lipinski definition) is 1. The van der Waals surface area contributed by atoms with Crippen LogP contribution in [0.2, 0.25) is 5.02 Å². The van der Waals surface area contributed by atoms with Gasteiger partial charge < -0.3 is 19.5 Å². The number of hydrogen-bond acceptors (Lipinski definition) is 5. The van der Waals surface area contributed by atoms with E-state index in [1.807, 2.05) is 6.92 Å². The lowest BCUT2D eigenvalue weighted by Crippen LogP contribution is -2.34. The molecule has 0 fully saturated rings. The van der Waals surface area contributed by atoms with E-state index in [1.54, 1.807) is 39.8 Å². The number of methoxy groups -OCH3 is 2. The number of nitrogens with one attached hydrogen (secondary N) is 1. The zero-order valence-corrected chi connectivity index (χ0v) is 17.0. The molecule has 26 heavy (non-hydrogen) atoms. The maximum absolute atomic E-state index is 12.1. The number of benzene rings is 1. The van der Waals surface area contributed by atoms with E-state index in [9.17, 15) is 9.59 Å². The van der Waals surface area contributed by atoms with Gasteiger partial charge in [-0.05, 0) is 52.3 Å². The van der Waals surface area contributed by atoms with Crippen molar-refractivity contribution in [3.63, 3.8) is 0 Å². The summed E-state index contributed by atoms with van der Waals surface area (Å²) in [6, 6.07) is 1.30. The van der Waals surface area contributed by atoms with Gasteiger partial charge in [0, 0.05) is 22.2 Å². The Morgan fingerprint density at radius 1 is 1.27 bits per heavy atom. The summed E-state index contributed by atoms with van der Waals surface area (Å²) < 4.78 is 15.4. The normalized spacial score (nSPS) is 12.6. The lowest BCUT2D eigenvalue weighted by molar-refractivity contribution is -0.134. The van der Waals surface area contributed by atoms with E-state index >= 15 is 0 Å². The van der Waals surface area contributed by atoms with E-state index in [4.69, 9.17) is 21.1 Å². The van der Waals surface area contributed by atoms with Crippen molar-refractivity contribution in [2.75, 3.05) is 14.2 Å². The molecule has 1 aromatic carbocycles. The van der Waals surface area contributed by atoms with Crippen LogP contribution in [-0.4, -0.2) is 31.9 Å². The van der Waals surface area contributed by atoms with Crippen molar-refractivity contribution in [3.05, 3.63) is 33.9 Å². The minimum absolute atomic E-state index is 0.428. The van der Waals surface area contributed by atoms with Crippen LogP contribution in [0.15, 0.2) is 12.1 Å². The molecule has 144 valence electrons.